The van der Waals surface area contributed by atoms with Crippen molar-refractivity contribution in [1.82, 2.24) is 5.32 Å². The van der Waals surface area contributed by atoms with Gasteiger partial charge in [0.2, 0.25) is 5.91 Å². The average Bonchev–Trinajstić information content (AvgIpc) is 2.47. The number of methoxy groups -OCH3 is 1. The van der Waals surface area contributed by atoms with Crippen LogP contribution in [0.25, 0.3) is 0 Å². The molecule has 1 amide bonds. The molecule has 5 nitrogen and oxygen atoms in total. The van der Waals surface area contributed by atoms with Gasteiger partial charge in [0.15, 0.2) is 0 Å². The van der Waals surface area contributed by atoms with Crippen LogP contribution < -0.4 is 11.1 Å². The number of benzene rings is 1. The first kappa shape index (κ1) is 18.1. The Morgan fingerprint density at radius 3 is 2.25 bits per heavy atom. The van der Waals surface area contributed by atoms with Crippen LogP contribution in [0.5, 0.6) is 0 Å². The van der Waals surface area contributed by atoms with E-state index in [4.69, 9.17) is 5.73 Å². The first-order valence-corrected chi connectivity index (χ1v) is 6.70. The first-order chi connectivity index (χ1) is 9.58. The minimum atomic E-state index is -0.696. The predicted octanol–water partition coefficient (Wildman–Crippen LogP) is 1.26. The maximum Gasteiger partial charge on any atom is 0.328 e. The number of carbonyl (C=O) groups excluding carboxylic acids is 2. The van der Waals surface area contributed by atoms with Gasteiger partial charge in [-0.1, -0.05) is 50.6 Å². The number of carbonyl (C=O) groups is 2. The van der Waals surface area contributed by atoms with Crippen LogP contribution in [0.3, 0.4) is 0 Å². The molecule has 0 bridgehead atoms. The zero-order valence-corrected chi connectivity index (χ0v) is 12.4. The highest BCUT2D eigenvalue weighted by Crippen LogP contribution is 2.04. The summed E-state index contributed by atoms with van der Waals surface area (Å²) in [7, 11) is 1.29. The Morgan fingerprint density at radius 1 is 1.25 bits per heavy atom. The molecule has 1 aromatic carbocycles. The van der Waals surface area contributed by atoms with Crippen molar-refractivity contribution >= 4 is 11.9 Å². The molecule has 0 saturated heterocycles. The molecule has 0 aliphatic heterocycles. The Hall–Kier alpha value is -1.88. The summed E-state index contributed by atoms with van der Waals surface area (Å²) in [4.78, 5) is 22.7. The number of rotatable bonds is 5. The van der Waals surface area contributed by atoms with Gasteiger partial charge in [-0.2, -0.15) is 0 Å². The minimum Gasteiger partial charge on any atom is -0.467 e. The zero-order chi connectivity index (χ0) is 15.4. The molecule has 5 heteroatoms. The van der Waals surface area contributed by atoms with E-state index in [-0.39, 0.29) is 12.5 Å². The fraction of sp³-hybridized carbons (Fsp3) is 0.467. The number of amides is 1. The van der Waals surface area contributed by atoms with Crippen LogP contribution in [0, 0.1) is 0 Å². The van der Waals surface area contributed by atoms with E-state index in [0.717, 1.165) is 5.56 Å². The summed E-state index contributed by atoms with van der Waals surface area (Å²) < 4.78 is 4.64. The molecule has 0 fully saturated rings. The molecule has 0 saturated carbocycles. The van der Waals surface area contributed by atoms with Crippen LogP contribution in [0.2, 0.25) is 0 Å². The van der Waals surface area contributed by atoms with E-state index in [0.29, 0.717) is 6.42 Å². The zero-order valence-electron chi connectivity index (χ0n) is 12.4. The van der Waals surface area contributed by atoms with Gasteiger partial charge in [0.25, 0.3) is 0 Å². The number of nitrogens with one attached hydrogen (secondary N) is 1. The highest BCUT2D eigenvalue weighted by atomic mass is 16.5. The molecule has 3 N–H and O–H groups in total. The van der Waals surface area contributed by atoms with E-state index in [1.807, 2.05) is 30.3 Å². The third kappa shape index (κ3) is 7.53. The largest absolute Gasteiger partial charge is 0.467 e. The Kier molecular flexibility index (Phi) is 9.96. The number of ether oxygens (including phenoxy) is 1. The second-order valence-electron chi connectivity index (χ2n) is 4.24. The summed E-state index contributed by atoms with van der Waals surface area (Å²) in [5.41, 5.74) is 6.14. The van der Waals surface area contributed by atoms with Crippen LogP contribution in [0.1, 0.15) is 25.8 Å². The van der Waals surface area contributed by atoms with E-state index in [9.17, 15) is 9.59 Å². The van der Waals surface area contributed by atoms with Gasteiger partial charge in [-0.15, -0.1) is 0 Å². The van der Waals surface area contributed by atoms with Crippen molar-refractivity contribution in [3.8, 4) is 0 Å². The molecule has 1 aromatic rings. The Labute approximate surface area is 120 Å². The standard InChI is InChI=1S/C12H16N2O3.C3H8/c1-17-12(16)10(14-11(15)8-13)7-9-5-3-2-4-6-9;1-3-2/h2-6,10H,7-8,13H2,1H3,(H,14,15);3H2,1-2H3/t10-;/m0./s1. The van der Waals surface area contributed by atoms with E-state index in [2.05, 4.69) is 23.9 Å². The van der Waals surface area contributed by atoms with Crippen LogP contribution in [-0.4, -0.2) is 31.6 Å². The average molecular weight is 280 g/mol. The van der Waals surface area contributed by atoms with Gasteiger partial charge in [-0.25, -0.2) is 4.79 Å². The summed E-state index contributed by atoms with van der Waals surface area (Å²) in [6.07, 6.45) is 1.64. The Bertz CT molecular complexity index is 393. The molecule has 0 spiro atoms. The lowest BCUT2D eigenvalue weighted by molar-refractivity contribution is -0.144. The van der Waals surface area contributed by atoms with Crippen molar-refractivity contribution in [2.45, 2.75) is 32.7 Å². The van der Waals surface area contributed by atoms with Crippen molar-refractivity contribution < 1.29 is 14.3 Å². The van der Waals surface area contributed by atoms with Gasteiger partial charge in [-0.05, 0) is 5.56 Å². The number of hydrogen-bond acceptors (Lipinski definition) is 4. The Balaban J connectivity index is 0.00000110. The van der Waals surface area contributed by atoms with Gasteiger partial charge in [-0.3, -0.25) is 4.79 Å². The lowest BCUT2D eigenvalue weighted by atomic mass is 10.1. The highest BCUT2D eigenvalue weighted by Gasteiger charge is 2.21. The van der Waals surface area contributed by atoms with Gasteiger partial charge in [0.1, 0.15) is 6.04 Å². The van der Waals surface area contributed by atoms with Crippen LogP contribution in [0.15, 0.2) is 30.3 Å². The van der Waals surface area contributed by atoms with Crippen molar-refractivity contribution in [3.63, 3.8) is 0 Å². The molecule has 0 unspecified atom stereocenters. The SMILES string of the molecule is CCC.COC(=O)[C@H](Cc1ccccc1)NC(=O)CN. The highest BCUT2D eigenvalue weighted by molar-refractivity contribution is 5.85. The van der Waals surface area contributed by atoms with Crippen LogP contribution in [0.4, 0.5) is 0 Å². The number of hydrogen-bond donors (Lipinski definition) is 2. The monoisotopic (exact) mass is 280 g/mol. The third-order valence-corrected chi connectivity index (χ3v) is 2.29. The number of nitrogens with two attached hydrogens (primary N) is 1. The topological polar surface area (TPSA) is 81.4 Å². The predicted molar refractivity (Wildman–Crippen MR) is 79.1 cm³/mol. The van der Waals surface area contributed by atoms with Crippen molar-refractivity contribution in [2.75, 3.05) is 13.7 Å². The second kappa shape index (κ2) is 11.0. The molecule has 1 atom stereocenters. The molecular weight excluding hydrogens is 256 g/mol. The van der Waals surface area contributed by atoms with E-state index < -0.39 is 12.0 Å². The molecule has 0 radical (unpaired) electrons. The van der Waals surface area contributed by atoms with Crippen molar-refractivity contribution in [2.24, 2.45) is 5.73 Å². The van der Waals surface area contributed by atoms with Crippen molar-refractivity contribution in [1.29, 1.82) is 0 Å². The number of esters is 1. The molecule has 112 valence electrons. The van der Waals surface area contributed by atoms with Gasteiger partial charge in [0.05, 0.1) is 13.7 Å². The molecule has 1 rings (SSSR count). The quantitative estimate of drug-likeness (QED) is 0.796. The van der Waals surface area contributed by atoms with Gasteiger partial charge >= 0.3 is 5.97 Å². The van der Waals surface area contributed by atoms with Gasteiger partial charge < -0.3 is 15.8 Å². The summed E-state index contributed by atoms with van der Waals surface area (Å²) in [6, 6.07) is 8.69. The maximum absolute atomic E-state index is 11.5. The van der Waals surface area contributed by atoms with E-state index in [1.54, 1.807) is 0 Å². The molecule has 20 heavy (non-hydrogen) atoms. The lowest BCUT2D eigenvalue weighted by Crippen LogP contribution is -2.45. The second-order valence-corrected chi connectivity index (χ2v) is 4.24. The Morgan fingerprint density at radius 2 is 1.80 bits per heavy atom. The molecule has 0 heterocycles. The summed E-state index contributed by atoms with van der Waals surface area (Å²) in [6.45, 7) is 4.10. The van der Waals surface area contributed by atoms with E-state index >= 15 is 0 Å². The molecular formula is C15H24N2O3. The summed E-state index contributed by atoms with van der Waals surface area (Å²) in [5.74, 6) is -0.855. The van der Waals surface area contributed by atoms with E-state index in [1.165, 1.54) is 13.5 Å². The van der Waals surface area contributed by atoms with Crippen LogP contribution >= 0.6 is 0 Å². The summed E-state index contributed by atoms with van der Waals surface area (Å²) in [5, 5.41) is 2.53. The van der Waals surface area contributed by atoms with Gasteiger partial charge in [0, 0.05) is 6.42 Å². The maximum atomic E-state index is 11.5. The molecule has 0 aromatic heterocycles. The van der Waals surface area contributed by atoms with Crippen molar-refractivity contribution in [3.05, 3.63) is 35.9 Å². The third-order valence-electron chi connectivity index (χ3n) is 2.29. The fourth-order valence-electron chi connectivity index (χ4n) is 1.44. The summed E-state index contributed by atoms with van der Waals surface area (Å²) >= 11 is 0. The molecule has 0 aliphatic rings. The first-order valence-electron chi connectivity index (χ1n) is 6.70. The molecule has 0 aliphatic carbocycles. The van der Waals surface area contributed by atoms with Crippen LogP contribution in [-0.2, 0) is 20.7 Å². The smallest absolute Gasteiger partial charge is 0.328 e. The normalized spacial score (nSPS) is 10.8. The fourth-order valence-corrected chi connectivity index (χ4v) is 1.44. The lowest BCUT2D eigenvalue weighted by Gasteiger charge is -2.15. The minimum absolute atomic E-state index is 0.151.